The van der Waals surface area contributed by atoms with Gasteiger partial charge in [-0.05, 0) is 49.2 Å². The van der Waals surface area contributed by atoms with Crippen molar-refractivity contribution >= 4 is 66.8 Å². The van der Waals surface area contributed by atoms with Crippen molar-refractivity contribution in [2.75, 3.05) is 13.2 Å². The Bertz CT molecular complexity index is 1400. The van der Waals surface area contributed by atoms with Crippen molar-refractivity contribution in [2.45, 2.75) is 110 Å². The number of rotatable bonds is 16. The highest BCUT2D eigenvalue weighted by Crippen LogP contribution is 2.47. The fourth-order valence-electron chi connectivity index (χ4n) is 5.19. The zero-order chi connectivity index (χ0) is 29.3. The molecule has 3 aromatic rings. The van der Waals surface area contributed by atoms with Crippen LogP contribution < -0.4 is 20.2 Å². The fraction of sp³-hybridized carbons (Fsp3) is 0.471. The van der Waals surface area contributed by atoms with E-state index in [0.29, 0.717) is 13.2 Å². The molecule has 3 aromatic carbocycles. The van der Waals surface area contributed by atoms with Crippen LogP contribution in [-0.2, 0) is 0 Å². The molecule has 0 spiro atoms. The van der Waals surface area contributed by atoms with Crippen molar-refractivity contribution in [3.05, 3.63) is 56.1 Å². The first-order valence-electron chi connectivity index (χ1n) is 15.5. The van der Waals surface area contributed by atoms with Crippen molar-refractivity contribution in [3.63, 3.8) is 0 Å². The molecule has 8 heteroatoms. The molecule has 0 radical (unpaired) electrons. The molecule has 224 valence electrons. The van der Waals surface area contributed by atoms with Crippen LogP contribution in [0.25, 0.3) is 0 Å². The number of nitrogens with zero attached hydrogens (tertiary/aromatic N) is 2. The van der Waals surface area contributed by atoms with Gasteiger partial charge in [-0.1, -0.05) is 133 Å². The molecule has 42 heavy (non-hydrogen) atoms. The van der Waals surface area contributed by atoms with Crippen LogP contribution in [0.2, 0.25) is 0 Å². The van der Waals surface area contributed by atoms with Gasteiger partial charge in [0.15, 0.2) is 11.5 Å². The van der Waals surface area contributed by atoms with Gasteiger partial charge >= 0.3 is 0 Å². The van der Waals surface area contributed by atoms with Crippen LogP contribution in [0.1, 0.15) is 90.9 Å². The molecule has 0 amide bonds. The Morgan fingerprint density at radius 1 is 0.571 bits per heavy atom. The molecule has 2 aliphatic heterocycles. The number of benzene rings is 3. The van der Waals surface area contributed by atoms with E-state index in [0.717, 1.165) is 75.0 Å². The first-order valence-corrected chi connectivity index (χ1v) is 18.7. The molecule has 2 heterocycles. The lowest BCUT2D eigenvalue weighted by Gasteiger charge is -2.24. The summed E-state index contributed by atoms with van der Waals surface area (Å²) in [5.74, 6) is 1.67. The van der Waals surface area contributed by atoms with Gasteiger partial charge in [-0.15, -0.1) is 0 Å². The lowest BCUT2D eigenvalue weighted by Crippen LogP contribution is -2.26. The van der Waals surface area contributed by atoms with Crippen molar-refractivity contribution in [1.82, 2.24) is 0 Å². The van der Waals surface area contributed by atoms with Gasteiger partial charge in [0, 0.05) is 18.7 Å². The minimum Gasteiger partial charge on any atom is -0.490 e. The summed E-state index contributed by atoms with van der Waals surface area (Å²) in [4.78, 5) is 14.6. The molecule has 5 rings (SSSR count). The first kappa shape index (κ1) is 31.9. The summed E-state index contributed by atoms with van der Waals surface area (Å²) in [5, 5.41) is 1.75. The van der Waals surface area contributed by atoms with Crippen molar-refractivity contribution in [1.29, 1.82) is 0 Å². The summed E-state index contributed by atoms with van der Waals surface area (Å²) in [6, 6.07) is 12.5. The second-order valence-corrected chi connectivity index (χ2v) is 14.8. The molecule has 4 nitrogen and oxygen atoms in total. The van der Waals surface area contributed by atoms with Gasteiger partial charge in [-0.3, -0.25) is 0 Å². The van der Waals surface area contributed by atoms with E-state index in [4.69, 9.17) is 19.5 Å². The van der Waals surface area contributed by atoms with E-state index in [1.54, 1.807) is 23.5 Å². The molecule has 0 saturated carbocycles. The second-order valence-electron chi connectivity index (χ2n) is 10.9. The van der Waals surface area contributed by atoms with Crippen molar-refractivity contribution in [3.8, 4) is 11.5 Å². The van der Waals surface area contributed by atoms with Gasteiger partial charge in [0.1, 0.15) is 10.7 Å². The Balaban J connectivity index is 1.53. The largest absolute Gasteiger partial charge is 0.490 e. The van der Waals surface area contributed by atoms with E-state index in [9.17, 15) is 0 Å². The predicted molar refractivity (Wildman–Crippen MR) is 182 cm³/mol. The molecule has 0 saturated heterocycles. The molecular weight excluding hydrogens is 692 g/mol. The molecule has 0 N–H and O–H groups in total. The molecule has 0 atom stereocenters. The molecule has 0 aliphatic carbocycles. The zero-order valence-electron chi connectivity index (χ0n) is 24.6. The van der Waals surface area contributed by atoms with E-state index in [1.165, 1.54) is 64.2 Å². The molecular formula is C34H40Br2N2O2S2. The summed E-state index contributed by atoms with van der Waals surface area (Å²) in [7, 11) is 0. The predicted octanol–water partition coefficient (Wildman–Crippen LogP) is 11.5. The van der Waals surface area contributed by atoms with Gasteiger partial charge < -0.3 is 9.47 Å². The number of fused-ring (bicyclic) bond motifs is 4. The Hall–Kier alpha value is -1.48. The van der Waals surface area contributed by atoms with Gasteiger partial charge in [0.05, 0.1) is 34.4 Å². The summed E-state index contributed by atoms with van der Waals surface area (Å²) in [5.41, 5.74) is 1.92. The average Bonchev–Trinajstić information content (AvgIpc) is 2.99. The van der Waals surface area contributed by atoms with Crippen molar-refractivity contribution in [2.24, 2.45) is 9.98 Å². The lowest BCUT2D eigenvalue weighted by atomic mass is 10.1. The van der Waals surface area contributed by atoms with Crippen LogP contribution in [0.15, 0.2) is 74.9 Å². The Morgan fingerprint density at radius 3 is 1.40 bits per heavy atom. The summed E-state index contributed by atoms with van der Waals surface area (Å²) in [6.45, 7) is 5.85. The molecule has 0 bridgehead atoms. The Labute approximate surface area is 275 Å². The van der Waals surface area contributed by atoms with Crippen molar-refractivity contribution < 1.29 is 9.47 Å². The van der Waals surface area contributed by atoms with E-state index in [2.05, 4.69) is 82.1 Å². The monoisotopic (exact) mass is 730 g/mol. The van der Waals surface area contributed by atoms with Crippen LogP contribution in [0, 0.1) is 0 Å². The second kappa shape index (κ2) is 16.0. The van der Waals surface area contributed by atoms with Gasteiger partial charge in [-0.25, -0.2) is 9.98 Å². The van der Waals surface area contributed by atoms with Gasteiger partial charge in [0.25, 0.3) is 0 Å². The highest BCUT2D eigenvalue weighted by atomic mass is 79.9. The third kappa shape index (κ3) is 7.96. The minimum absolute atomic E-state index is 0.669. The zero-order valence-corrected chi connectivity index (χ0v) is 29.5. The normalized spacial score (nSPS) is 12.9. The van der Waals surface area contributed by atoms with E-state index in [1.807, 2.05) is 0 Å². The smallest absolute Gasteiger partial charge is 0.162 e. The maximum Gasteiger partial charge on any atom is 0.162 e. The van der Waals surface area contributed by atoms with E-state index >= 15 is 0 Å². The van der Waals surface area contributed by atoms with E-state index < -0.39 is 0 Å². The maximum absolute atomic E-state index is 6.66. The summed E-state index contributed by atoms with van der Waals surface area (Å²) >= 11 is 10.7. The van der Waals surface area contributed by atoms with Crippen LogP contribution in [-0.4, -0.2) is 13.2 Å². The van der Waals surface area contributed by atoms with Crippen LogP contribution in [0.4, 0.5) is 11.4 Å². The number of ether oxygens (including phenoxy) is 2. The number of unbranched alkanes of at least 4 members (excludes halogenated alkanes) is 10. The maximum atomic E-state index is 6.66. The molecule has 0 fully saturated rings. The van der Waals surface area contributed by atoms with Crippen LogP contribution >= 0.6 is 55.4 Å². The fourth-order valence-corrected chi connectivity index (χ4v) is 8.43. The molecule has 0 unspecified atom stereocenters. The van der Waals surface area contributed by atoms with E-state index in [-0.39, 0.29) is 0 Å². The average molecular weight is 733 g/mol. The van der Waals surface area contributed by atoms with Gasteiger partial charge in [-0.2, -0.15) is 0 Å². The standard InChI is InChI=1S/C34H40Br2N2O2S2/c1-3-5-7-9-11-13-19-39-31-29-34(42-28-22-24(36)15-17-25(28)37-29)32(40-20-14-12-10-8-6-4-2)30-33(31)41-27-21-23(35)16-18-26(27)38-30/h15-18,21-22H,3-14,19-20H2,1-2H3. The quantitative estimate of drug-likeness (QED) is 0.0948. The highest BCUT2D eigenvalue weighted by Gasteiger charge is 2.29. The summed E-state index contributed by atoms with van der Waals surface area (Å²) in [6.07, 6.45) is 14.7. The first-order chi connectivity index (χ1) is 20.6. The highest BCUT2D eigenvalue weighted by molar-refractivity contribution is 9.10. The Kier molecular flexibility index (Phi) is 12.2. The van der Waals surface area contributed by atoms with Crippen LogP contribution in [0.5, 0.6) is 11.5 Å². The number of hydrogen-bond donors (Lipinski definition) is 0. The SMILES string of the molecule is CCCCCCCCOc1c2c(c(OCCCCCCCC)c3c1=Nc1ccc(Br)cc1S3)=Nc1ccc(Br)cc1S2. The Morgan fingerprint density at radius 2 is 0.976 bits per heavy atom. The third-order valence-corrected chi connectivity index (χ3v) is 10.7. The topological polar surface area (TPSA) is 43.2 Å². The summed E-state index contributed by atoms with van der Waals surface area (Å²) < 4.78 is 15.4. The number of hydrogen-bond acceptors (Lipinski definition) is 6. The van der Waals surface area contributed by atoms with Crippen LogP contribution in [0.3, 0.4) is 0 Å². The minimum atomic E-state index is 0.669. The van der Waals surface area contributed by atoms with Gasteiger partial charge in [0.2, 0.25) is 0 Å². The number of halogens is 2. The lowest BCUT2D eigenvalue weighted by molar-refractivity contribution is 0.277. The third-order valence-electron chi connectivity index (χ3n) is 7.49. The molecule has 0 aromatic heterocycles. The molecule has 2 aliphatic rings.